The van der Waals surface area contributed by atoms with Crippen LogP contribution in [-0.4, -0.2) is 35.9 Å². The number of rotatable bonds is 7. The van der Waals surface area contributed by atoms with Gasteiger partial charge in [-0.1, -0.05) is 6.58 Å². The first-order valence-corrected chi connectivity index (χ1v) is 6.29. The van der Waals surface area contributed by atoms with Gasteiger partial charge in [0.1, 0.15) is 24.6 Å². The minimum atomic E-state index is -1.41. The van der Waals surface area contributed by atoms with Crippen molar-refractivity contribution in [1.82, 2.24) is 0 Å². The first kappa shape index (κ1) is 16.7. The second-order valence-electron chi connectivity index (χ2n) is 4.64. The molecule has 1 aromatic carbocycles. The SMILES string of the molecule is C=COC(=O)OCCOc1ccc(C(=O)C(C)(C)O)cc1. The zero-order valence-corrected chi connectivity index (χ0v) is 12.0. The highest BCUT2D eigenvalue weighted by Crippen LogP contribution is 2.17. The maximum Gasteiger partial charge on any atom is 0.513 e. The molecule has 0 fully saturated rings. The number of ketones is 1. The molecular weight excluding hydrogens is 276 g/mol. The summed E-state index contributed by atoms with van der Waals surface area (Å²) in [5.74, 6) is 0.146. The average Bonchev–Trinajstić information content (AvgIpc) is 2.43. The molecule has 0 aliphatic heterocycles. The van der Waals surface area contributed by atoms with E-state index in [9.17, 15) is 14.7 Å². The second-order valence-corrected chi connectivity index (χ2v) is 4.64. The molecule has 0 saturated heterocycles. The normalized spacial score (nSPS) is 10.6. The third-order valence-corrected chi connectivity index (χ3v) is 2.42. The Hall–Kier alpha value is -2.34. The molecule has 0 bridgehead atoms. The van der Waals surface area contributed by atoms with Gasteiger partial charge in [0, 0.05) is 5.56 Å². The maximum absolute atomic E-state index is 11.8. The number of hydrogen-bond donors (Lipinski definition) is 1. The molecule has 0 aliphatic rings. The zero-order chi connectivity index (χ0) is 15.9. The first-order chi connectivity index (χ1) is 9.84. The smallest absolute Gasteiger partial charge is 0.490 e. The van der Waals surface area contributed by atoms with E-state index < -0.39 is 11.8 Å². The first-order valence-electron chi connectivity index (χ1n) is 6.29. The summed E-state index contributed by atoms with van der Waals surface area (Å²) in [5.41, 5.74) is -1.03. The maximum atomic E-state index is 11.8. The van der Waals surface area contributed by atoms with Crippen molar-refractivity contribution in [2.45, 2.75) is 19.4 Å². The summed E-state index contributed by atoms with van der Waals surface area (Å²) in [4.78, 5) is 22.6. The third-order valence-electron chi connectivity index (χ3n) is 2.42. The predicted molar refractivity (Wildman–Crippen MR) is 75.2 cm³/mol. The molecule has 1 rings (SSSR count). The monoisotopic (exact) mass is 294 g/mol. The lowest BCUT2D eigenvalue weighted by Crippen LogP contribution is -2.30. The Kier molecular flexibility index (Phi) is 5.92. The summed E-state index contributed by atoms with van der Waals surface area (Å²) >= 11 is 0. The minimum absolute atomic E-state index is 0.0248. The zero-order valence-electron chi connectivity index (χ0n) is 12.0. The fraction of sp³-hybridized carbons (Fsp3) is 0.333. The van der Waals surface area contributed by atoms with Crippen molar-refractivity contribution in [3.05, 3.63) is 42.7 Å². The second kappa shape index (κ2) is 7.44. The Labute approximate surface area is 122 Å². The summed E-state index contributed by atoms with van der Waals surface area (Å²) in [6.45, 7) is 6.25. The molecule has 0 aliphatic carbocycles. The van der Waals surface area contributed by atoms with E-state index in [2.05, 4.69) is 16.1 Å². The highest BCUT2D eigenvalue weighted by Gasteiger charge is 2.24. The van der Waals surface area contributed by atoms with Crippen molar-refractivity contribution < 1.29 is 28.9 Å². The molecule has 0 atom stereocenters. The van der Waals surface area contributed by atoms with Gasteiger partial charge in [0.25, 0.3) is 0 Å². The standard InChI is InChI=1S/C15H18O6/c1-4-19-14(17)21-10-9-20-12-7-5-11(6-8-12)13(16)15(2,3)18/h4-8,18H,1,9-10H2,2-3H3. The molecule has 0 heterocycles. The molecule has 0 spiro atoms. The van der Waals surface area contributed by atoms with Crippen molar-refractivity contribution in [2.24, 2.45) is 0 Å². The summed E-state index contributed by atoms with van der Waals surface area (Å²) in [5, 5.41) is 9.63. The molecule has 0 saturated carbocycles. The van der Waals surface area contributed by atoms with Gasteiger partial charge in [-0.15, -0.1) is 0 Å². The van der Waals surface area contributed by atoms with E-state index in [1.807, 2.05) is 0 Å². The molecule has 1 aromatic rings. The van der Waals surface area contributed by atoms with Crippen LogP contribution in [0.4, 0.5) is 4.79 Å². The molecule has 21 heavy (non-hydrogen) atoms. The molecule has 0 amide bonds. The summed E-state index contributed by atoms with van der Waals surface area (Å²) in [6.07, 6.45) is 0.126. The van der Waals surface area contributed by atoms with Crippen LogP contribution in [0.15, 0.2) is 37.1 Å². The number of carbonyl (C=O) groups excluding carboxylic acids is 2. The van der Waals surface area contributed by atoms with E-state index in [0.29, 0.717) is 11.3 Å². The molecule has 6 nitrogen and oxygen atoms in total. The molecule has 0 aromatic heterocycles. The molecule has 6 heteroatoms. The van der Waals surface area contributed by atoms with Crippen molar-refractivity contribution in [3.63, 3.8) is 0 Å². The van der Waals surface area contributed by atoms with Gasteiger partial charge in [-0.25, -0.2) is 4.79 Å². The van der Waals surface area contributed by atoms with Gasteiger partial charge in [-0.3, -0.25) is 4.79 Å². The number of Topliss-reactive ketones (excluding diaryl/α,β-unsaturated/α-hetero) is 1. The highest BCUT2D eigenvalue weighted by molar-refractivity contribution is 6.01. The van der Waals surface area contributed by atoms with E-state index in [1.54, 1.807) is 24.3 Å². The van der Waals surface area contributed by atoms with Crippen LogP contribution in [0.25, 0.3) is 0 Å². The fourth-order valence-electron chi connectivity index (χ4n) is 1.44. The van der Waals surface area contributed by atoms with Crippen LogP contribution in [0.1, 0.15) is 24.2 Å². The Morgan fingerprint density at radius 2 is 1.86 bits per heavy atom. The summed E-state index contributed by atoms with van der Waals surface area (Å²) in [7, 11) is 0. The Morgan fingerprint density at radius 1 is 1.24 bits per heavy atom. The van der Waals surface area contributed by atoms with E-state index in [0.717, 1.165) is 6.26 Å². The van der Waals surface area contributed by atoms with Gasteiger partial charge in [-0.05, 0) is 38.1 Å². The minimum Gasteiger partial charge on any atom is -0.490 e. The van der Waals surface area contributed by atoms with Gasteiger partial charge in [0.05, 0.1) is 6.26 Å². The van der Waals surface area contributed by atoms with E-state index >= 15 is 0 Å². The van der Waals surface area contributed by atoms with Gasteiger partial charge in [-0.2, -0.15) is 0 Å². The number of ether oxygens (including phenoxy) is 3. The lowest BCUT2D eigenvalue weighted by molar-refractivity contribution is 0.0488. The Morgan fingerprint density at radius 3 is 2.38 bits per heavy atom. The average molecular weight is 294 g/mol. The molecule has 114 valence electrons. The van der Waals surface area contributed by atoms with Gasteiger partial charge in [0.15, 0.2) is 5.78 Å². The van der Waals surface area contributed by atoms with Crippen LogP contribution >= 0.6 is 0 Å². The molecule has 0 radical (unpaired) electrons. The fourth-order valence-corrected chi connectivity index (χ4v) is 1.44. The molecule has 0 unspecified atom stereocenters. The highest BCUT2D eigenvalue weighted by atomic mass is 16.7. The quantitative estimate of drug-likeness (QED) is 0.360. The van der Waals surface area contributed by atoms with E-state index in [-0.39, 0.29) is 19.0 Å². The van der Waals surface area contributed by atoms with Crippen molar-refractivity contribution in [1.29, 1.82) is 0 Å². The van der Waals surface area contributed by atoms with Crippen LogP contribution in [0, 0.1) is 0 Å². The number of carbonyl (C=O) groups is 2. The molecular formula is C15H18O6. The number of hydrogen-bond acceptors (Lipinski definition) is 6. The molecule has 1 N–H and O–H groups in total. The van der Waals surface area contributed by atoms with Crippen molar-refractivity contribution in [2.75, 3.05) is 13.2 Å². The van der Waals surface area contributed by atoms with Crippen molar-refractivity contribution in [3.8, 4) is 5.75 Å². The van der Waals surface area contributed by atoms with E-state index in [4.69, 9.17) is 4.74 Å². The van der Waals surface area contributed by atoms with Crippen LogP contribution in [0.3, 0.4) is 0 Å². The number of aliphatic hydroxyl groups is 1. The predicted octanol–water partition coefficient (Wildman–Crippen LogP) is 2.32. The van der Waals surface area contributed by atoms with Crippen LogP contribution < -0.4 is 4.74 Å². The van der Waals surface area contributed by atoms with Crippen molar-refractivity contribution >= 4 is 11.9 Å². The van der Waals surface area contributed by atoms with Crippen LogP contribution in [-0.2, 0) is 9.47 Å². The van der Waals surface area contributed by atoms with Crippen LogP contribution in [0.5, 0.6) is 5.75 Å². The lowest BCUT2D eigenvalue weighted by atomic mass is 9.97. The largest absolute Gasteiger partial charge is 0.513 e. The Balaban J connectivity index is 2.43. The summed E-state index contributed by atoms with van der Waals surface area (Å²) < 4.78 is 14.3. The van der Waals surface area contributed by atoms with Gasteiger partial charge < -0.3 is 19.3 Å². The van der Waals surface area contributed by atoms with Crippen LogP contribution in [0.2, 0.25) is 0 Å². The topological polar surface area (TPSA) is 82.1 Å². The third kappa shape index (κ3) is 5.66. The summed E-state index contributed by atoms with van der Waals surface area (Å²) in [6, 6.07) is 6.31. The lowest BCUT2D eigenvalue weighted by Gasteiger charge is -2.15. The Bertz CT molecular complexity index is 498. The van der Waals surface area contributed by atoms with Gasteiger partial charge in [0.2, 0.25) is 0 Å². The van der Waals surface area contributed by atoms with E-state index in [1.165, 1.54) is 13.8 Å². The van der Waals surface area contributed by atoms with Gasteiger partial charge >= 0.3 is 6.16 Å². The number of benzene rings is 1.